The molecule has 2 atom stereocenters. The summed E-state index contributed by atoms with van der Waals surface area (Å²) in [6.45, 7) is 2.02. The Balaban J connectivity index is 2.30. The van der Waals surface area contributed by atoms with Crippen molar-refractivity contribution in [2.75, 3.05) is 0 Å². The molecule has 2 unspecified atom stereocenters. The second kappa shape index (κ2) is 2.82. The summed E-state index contributed by atoms with van der Waals surface area (Å²) < 4.78 is 5.29. The van der Waals surface area contributed by atoms with Crippen molar-refractivity contribution in [2.24, 2.45) is 5.16 Å². The number of oxime groups is 1. The summed E-state index contributed by atoms with van der Waals surface area (Å²) in [5.41, 5.74) is 0. The summed E-state index contributed by atoms with van der Waals surface area (Å²) in [6.07, 6.45) is 3.85. The van der Waals surface area contributed by atoms with Crippen LogP contribution in [0.4, 0.5) is 0 Å². The zero-order valence-corrected chi connectivity index (χ0v) is 5.45. The van der Waals surface area contributed by atoms with Crippen molar-refractivity contribution in [1.29, 1.82) is 0 Å². The molecule has 52 valence electrons. The highest BCUT2D eigenvalue weighted by Gasteiger charge is 2.19. The molecule has 0 aliphatic carbocycles. The van der Waals surface area contributed by atoms with Gasteiger partial charge in [-0.3, -0.25) is 0 Å². The van der Waals surface area contributed by atoms with E-state index in [1.807, 2.05) is 6.92 Å². The third kappa shape index (κ3) is 1.68. The van der Waals surface area contributed by atoms with Crippen LogP contribution in [0.1, 0.15) is 19.8 Å². The van der Waals surface area contributed by atoms with Gasteiger partial charge in [-0.15, -0.1) is 0 Å². The van der Waals surface area contributed by atoms with Crippen LogP contribution < -0.4 is 0 Å². The van der Waals surface area contributed by atoms with Crippen molar-refractivity contribution in [2.45, 2.75) is 32.0 Å². The van der Waals surface area contributed by atoms with Gasteiger partial charge in [0.2, 0.25) is 0 Å². The molecule has 1 N–H and O–H groups in total. The molecule has 9 heavy (non-hydrogen) atoms. The molecule has 3 heteroatoms. The molecule has 0 aromatic heterocycles. The molecule has 0 bridgehead atoms. The van der Waals surface area contributed by atoms with Gasteiger partial charge in [0, 0.05) is 0 Å². The van der Waals surface area contributed by atoms with Crippen LogP contribution in [0, 0.1) is 0 Å². The van der Waals surface area contributed by atoms with Crippen LogP contribution in [0.2, 0.25) is 0 Å². The second-order valence-electron chi connectivity index (χ2n) is 2.33. The normalized spacial score (nSPS) is 36.1. The maximum atomic E-state index is 8.10. The van der Waals surface area contributed by atoms with Gasteiger partial charge in [-0.2, -0.15) is 0 Å². The standard InChI is InChI=1S/C6H11NO2/c1-5-2-3-6(9-5)4-7-8/h4-6,8H,2-3H2,1H3. The van der Waals surface area contributed by atoms with Gasteiger partial charge in [-0.25, -0.2) is 0 Å². The predicted molar refractivity (Wildman–Crippen MR) is 33.8 cm³/mol. The number of hydrogen-bond donors (Lipinski definition) is 1. The molecule has 1 fully saturated rings. The largest absolute Gasteiger partial charge is 0.411 e. The van der Waals surface area contributed by atoms with E-state index in [2.05, 4.69) is 5.16 Å². The highest BCUT2D eigenvalue weighted by atomic mass is 16.5. The molecule has 1 heterocycles. The fraction of sp³-hybridized carbons (Fsp3) is 0.833. The quantitative estimate of drug-likeness (QED) is 0.326. The first kappa shape index (κ1) is 6.55. The van der Waals surface area contributed by atoms with Crippen LogP contribution in [0.25, 0.3) is 0 Å². The Hall–Kier alpha value is -0.570. The number of hydrogen-bond acceptors (Lipinski definition) is 3. The average Bonchev–Trinajstić information content (AvgIpc) is 2.17. The van der Waals surface area contributed by atoms with E-state index in [0.717, 1.165) is 12.8 Å². The molecule has 0 spiro atoms. The van der Waals surface area contributed by atoms with E-state index in [1.165, 1.54) is 6.21 Å². The zero-order valence-electron chi connectivity index (χ0n) is 5.45. The fourth-order valence-corrected chi connectivity index (χ4v) is 1.02. The van der Waals surface area contributed by atoms with Crippen LogP contribution in [-0.4, -0.2) is 23.6 Å². The van der Waals surface area contributed by atoms with Gasteiger partial charge in [0.25, 0.3) is 0 Å². The molecule has 0 aromatic rings. The lowest BCUT2D eigenvalue weighted by Gasteiger charge is -2.02. The van der Waals surface area contributed by atoms with Crippen molar-refractivity contribution >= 4 is 6.21 Å². The van der Waals surface area contributed by atoms with E-state index >= 15 is 0 Å². The topological polar surface area (TPSA) is 41.8 Å². The third-order valence-corrected chi connectivity index (χ3v) is 1.50. The van der Waals surface area contributed by atoms with Crippen molar-refractivity contribution < 1.29 is 9.94 Å². The van der Waals surface area contributed by atoms with Crippen LogP contribution in [-0.2, 0) is 4.74 Å². The minimum absolute atomic E-state index is 0.0463. The monoisotopic (exact) mass is 129 g/mol. The van der Waals surface area contributed by atoms with Gasteiger partial charge in [0.1, 0.15) is 0 Å². The van der Waals surface area contributed by atoms with Gasteiger partial charge >= 0.3 is 0 Å². The van der Waals surface area contributed by atoms with E-state index in [0.29, 0.717) is 6.10 Å². The highest BCUT2D eigenvalue weighted by molar-refractivity contribution is 5.62. The van der Waals surface area contributed by atoms with Gasteiger partial charge < -0.3 is 9.94 Å². The molecular formula is C6H11NO2. The number of ether oxygens (including phenoxy) is 1. The molecule has 1 aliphatic heterocycles. The molecule has 0 radical (unpaired) electrons. The average molecular weight is 129 g/mol. The van der Waals surface area contributed by atoms with Gasteiger partial charge in [0.05, 0.1) is 18.4 Å². The summed E-state index contributed by atoms with van der Waals surface area (Å²) in [5, 5.41) is 11.0. The Kier molecular flexibility index (Phi) is 2.05. The highest BCUT2D eigenvalue weighted by Crippen LogP contribution is 2.16. The first-order valence-corrected chi connectivity index (χ1v) is 3.16. The van der Waals surface area contributed by atoms with Crippen LogP contribution in [0.5, 0.6) is 0 Å². The third-order valence-electron chi connectivity index (χ3n) is 1.50. The molecule has 0 saturated carbocycles. The van der Waals surface area contributed by atoms with Crippen LogP contribution in [0.15, 0.2) is 5.16 Å². The lowest BCUT2D eigenvalue weighted by atomic mass is 10.2. The first-order chi connectivity index (χ1) is 4.33. The van der Waals surface area contributed by atoms with Crippen LogP contribution in [0.3, 0.4) is 0 Å². The number of rotatable bonds is 1. The van der Waals surface area contributed by atoms with Crippen LogP contribution >= 0.6 is 0 Å². The molecule has 0 amide bonds. The molecule has 3 nitrogen and oxygen atoms in total. The van der Waals surface area contributed by atoms with Crippen molar-refractivity contribution in [3.8, 4) is 0 Å². The van der Waals surface area contributed by atoms with Crippen molar-refractivity contribution in [3.63, 3.8) is 0 Å². The Labute approximate surface area is 54.3 Å². The Morgan fingerprint density at radius 1 is 1.67 bits per heavy atom. The van der Waals surface area contributed by atoms with Gasteiger partial charge in [-0.1, -0.05) is 5.16 Å². The lowest BCUT2D eigenvalue weighted by molar-refractivity contribution is 0.0945. The number of nitrogens with zero attached hydrogens (tertiary/aromatic N) is 1. The van der Waals surface area contributed by atoms with Crippen molar-refractivity contribution in [3.05, 3.63) is 0 Å². The maximum Gasteiger partial charge on any atom is 0.0963 e. The second-order valence-corrected chi connectivity index (χ2v) is 2.33. The van der Waals surface area contributed by atoms with E-state index in [4.69, 9.17) is 9.94 Å². The van der Waals surface area contributed by atoms with E-state index < -0.39 is 0 Å². The Morgan fingerprint density at radius 3 is 2.89 bits per heavy atom. The summed E-state index contributed by atoms with van der Waals surface area (Å²) in [6, 6.07) is 0. The van der Waals surface area contributed by atoms with Gasteiger partial charge in [0.15, 0.2) is 0 Å². The lowest BCUT2D eigenvalue weighted by Crippen LogP contribution is -2.08. The summed E-state index contributed by atoms with van der Waals surface area (Å²) in [4.78, 5) is 0. The zero-order chi connectivity index (χ0) is 6.69. The molecular weight excluding hydrogens is 118 g/mol. The van der Waals surface area contributed by atoms with Crippen molar-refractivity contribution in [1.82, 2.24) is 0 Å². The summed E-state index contributed by atoms with van der Waals surface area (Å²) >= 11 is 0. The minimum atomic E-state index is 0.0463. The summed E-state index contributed by atoms with van der Waals surface area (Å²) in [7, 11) is 0. The van der Waals surface area contributed by atoms with E-state index in [9.17, 15) is 0 Å². The van der Waals surface area contributed by atoms with Gasteiger partial charge in [-0.05, 0) is 19.8 Å². The molecule has 1 rings (SSSR count). The minimum Gasteiger partial charge on any atom is -0.411 e. The maximum absolute atomic E-state index is 8.10. The van der Waals surface area contributed by atoms with E-state index in [1.54, 1.807) is 0 Å². The smallest absolute Gasteiger partial charge is 0.0963 e. The van der Waals surface area contributed by atoms with E-state index in [-0.39, 0.29) is 6.10 Å². The Morgan fingerprint density at radius 2 is 2.44 bits per heavy atom. The first-order valence-electron chi connectivity index (χ1n) is 3.16. The fourth-order valence-electron chi connectivity index (χ4n) is 1.02. The Bertz CT molecular complexity index is 114. The molecule has 0 aromatic carbocycles. The molecule has 1 aliphatic rings. The predicted octanol–water partition coefficient (Wildman–Crippen LogP) is 1.01. The summed E-state index contributed by atoms with van der Waals surface area (Å²) in [5.74, 6) is 0. The molecule has 1 saturated heterocycles. The SMILES string of the molecule is CC1CCC(C=NO)O1.